The molecule has 53 heavy (non-hydrogen) atoms. The summed E-state index contributed by atoms with van der Waals surface area (Å²) < 4.78 is 4.36. The van der Waals surface area contributed by atoms with E-state index >= 15 is 0 Å². The number of likely N-dealkylation sites (N-methyl/N-ethyl adjacent to an activating group) is 1. The molecule has 8 aromatic rings. The molecule has 268 valence electrons. The third-order valence-corrected chi connectivity index (χ3v) is 11.4. The number of thiophene rings is 1. The molecule has 0 aliphatic carbocycles. The lowest BCUT2D eigenvalue weighted by molar-refractivity contribution is 0.150. The number of anilines is 2. The zero-order chi connectivity index (χ0) is 36.3. The Kier molecular flexibility index (Phi) is 9.86. The predicted octanol–water partition coefficient (Wildman–Crippen LogP) is 6.27. The lowest BCUT2D eigenvalue weighted by Gasteiger charge is -2.32. The summed E-state index contributed by atoms with van der Waals surface area (Å²) in [5, 5.41) is 1.76. The Morgan fingerprint density at radius 3 is 1.92 bits per heavy atom. The average Bonchev–Trinajstić information content (AvgIpc) is 4.00. The van der Waals surface area contributed by atoms with Gasteiger partial charge in [0.2, 0.25) is 0 Å². The summed E-state index contributed by atoms with van der Waals surface area (Å²) in [4.78, 5) is 38.6. The molecule has 0 unspecified atom stereocenters. The van der Waals surface area contributed by atoms with Gasteiger partial charge >= 0.3 is 0 Å². The van der Waals surface area contributed by atoms with Crippen LogP contribution in [0.15, 0.2) is 92.0 Å². The summed E-state index contributed by atoms with van der Waals surface area (Å²) in [6.07, 6.45) is 6.81. The maximum Gasteiger partial charge on any atom is 0.154 e. The van der Waals surface area contributed by atoms with Crippen LogP contribution in [0.25, 0.3) is 64.4 Å². The molecule has 0 atom stereocenters. The Labute approximate surface area is 314 Å². The first-order valence-corrected chi connectivity index (χ1v) is 19.1. The quantitative estimate of drug-likeness (QED) is 0.181. The van der Waals surface area contributed by atoms with Gasteiger partial charge in [0.15, 0.2) is 5.82 Å². The standard InChI is InChI=1S/C22H25N7S.C16H14N6S/c1-27-7-9-28(10-8-27)11-12-29-15-26-19(16-5-3-2-4-6-16)20(29)18-13-17-21(23)24-14-25-22(17)30-18;1-2-22-9-20-11(10-6-4-3-5-7-10)13(22)16-21-12-14(17)18-8-19-15(12)23-16/h2-6,13-15H,7-12H2,1H3,(H2,23,24,25);3-9H,2H2,1H3,(H2,17,18,19). The van der Waals surface area contributed by atoms with Gasteiger partial charge < -0.3 is 25.5 Å². The molecule has 1 aliphatic heterocycles. The second-order valence-electron chi connectivity index (χ2n) is 12.8. The van der Waals surface area contributed by atoms with E-state index in [0.29, 0.717) is 17.2 Å². The maximum absolute atomic E-state index is 6.10. The molecule has 1 fully saturated rings. The second kappa shape index (κ2) is 15.2. The normalized spacial score (nSPS) is 13.8. The SMILES string of the molecule is CCn1cnc(-c2ccccc2)c1-c1nc2c(N)ncnc2s1.CN1CCN(CCn2cnc(-c3ccccc3)c2-c2cc3c(N)ncnc3s2)CC1. The van der Waals surface area contributed by atoms with Gasteiger partial charge in [-0.25, -0.2) is 34.9 Å². The monoisotopic (exact) mass is 741 g/mol. The Balaban J connectivity index is 0.000000156. The smallest absolute Gasteiger partial charge is 0.154 e. The predicted molar refractivity (Wildman–Crippen MR) is 214 cm³/mol. The van der Waals surface area contributed by atoms with Gasteiger partial charge in [-0.15, -0.1) is 11.3 Å². The Hall–Kier alpha value is -5.61. The van der Waals surface area contributed by atoms with Crippen LogP contribution in [0, 0.1) is 0 Å². The van der Waals surface area contributed by atoms with E-state index in [0.717, 1.165) is 105 Å². The van der Waals surface area contributed by atoms with Gasteiger partial charge in [-0.05, 0) is 20.0 Å². The highest BCUT2D eigenvalue weighted by Gasteiger charge is 2.21. The number of fused-ring (bicyclic) bond motifs is 2. The molecule has 2 aromatic carbocycles. The number of hydrogen-bond acceptors (Lipinski definition) is 13. The number of nitrogens with two attached hydrogens (primary N) is 2. The minimum Gasteiger partial charge on any atom is -0.383 e. The van der Waals surface area contributed by atoms with Gasteiger partial charge in [-0.3, -0.25) is 4.90 Å². The van der Waals surface area contributed by atoms with E-state index in [1.54, 1.807) is 11.3 Å². The van der Waals surface area contributed by atoms with Crippen LogP contribution in [0.5, 0.6) is 0 Å². The van der Waals surface area contributed by atoms with E-state index in [-0.39, 0.29) is 0 Å². The van der Waals surface area contributed by atoms with Gasteiger partial charge in [0.05, 0.1) is 40.0 Å². The van der Waals surface area contributed by atoms with Crippen LogP contribution in [-0.4, -0.2) is 93.6 Å². The van der Waals surface area contributed by atoms with Crippen molar-refractivity contribution < 1.29 is 0 Å². The summed E-state index contributed by atoms with van der Waals surface area (Å²) in [5.74, 6) is 0.925. The lowest BCUT2D eigenvalue weighted by atomic mass is 10.1. The number of aromatic nitrogens is 9. The van der Waals surface area contributed by atoms with Crippen molar-refractivity contribution in [1.29, 1.82) is 0 Å². The molecule has 9 rings (SSSR count). The van der Waals surface area contributed by atoms with E-state index in [1.807, 2.05) is 49.1 Å². The fourth-order valence-corrected chi connectivity index (χ4v) is 8.50. The molecule has 1 saturated heterocycles. The van der Waals surface area contributed by atoms with Gasteiger partial charge in [0.1, 0.15) is 44.4 Å². The van der Waals surface area contributed by atoms with Crippen molar-refractivity contribution in [2.75, 3.05) is 51.2 Å². The topological polar surface area (TPSA) is 159 Å². The molecule has 6 aromatic heterocycles. The summed E-state index contributed by atoms with van der Waals surface area (Å²) in [6, 6.07) is 22.6. The molecule has 7 heterocycles. The number of hydrogen-bond donors (Lipinski definition) is 2. The van der Waals surface area contributed by atoms with Crippen LogP contribution in [0.2, 0.25) is 0 Å². The zero-order valence-corrected chi connectivity index (χ0v) is 31.1. The van der Waals surface area contributed by atoms with Crippen LogP contribution < -0.4 is 11.5 Å². The van der Waals surface area contributed by atoms with Crippen LogP contribution in [0.1, 0.15) is 6.92 Å². The minimum atomic E-state index is 0.404. The van der Waals surface area contributed by atoms with Crippen molar-refractivity contribution in [3.8, 4) is 43.8 Å². The Bertz CT molecular complexity index is 2460. The van der Waals surface area contributed by atoms with Crippen molar-refractivity contribution in [2.45, 2.75) is 20.0 Å². The van der Waals surface area contributed by atoms with E-state index in [2.05, 4.69) is 93.1 Å². The third kappa shape index (κ3) is 7.11. The number of aryl methyl sites for hydroxylation is 1. The first-order chi connectivity index (χ1) is 26.0. The lowest BCUT2D eigenvalue weighted by Crippen LogP contribution is -2.45. The van der Waals surface area contributed by atoms with Crippen molar-refractivity contribution in [3.05, 3.63) is 92.0 Å². The molecular weight excluding hydrogens is 703 g/mol. The molecule has 4 N–H and O–H groups in total. The number of benzene rings is 2. The highest BCUT2D eigenvalue weighted by Crippen LogP contribution is 2.39. The average molecular weight is 742 g/mol. The fourth-order valence-electron chi connectivity index (χ4n) is 6.45. The van der Waals surface area contributed by atoms with Crippen molar-refractivity contribution in [2.24, 2.45) is 0 Å². The highest BCUT2D eigenvalue weighted by atomic mass is 32.1. The minimum absolute atomic E-state index is 0.404. The summed E-state index contributed by atoms with van der Waals surface area (Å²) in [6.45, 7) is 9.28. The van der Waals surface area contributed by atoms with Crippen molar-refractivity contribution in [3.63, 3.8) is 0 Å². The van der Waals surface area contributed by atoms with Crippen LogP contribution in [0.3, 0.4) is 0 Å². The Morgan fingerprint density at radius 1 is 0.660 bits per heavy atom. The molecule has 0 amide bonds. The van der Waals surface area contributed by atoms with Crippen LogP contribution in [-0.2, 0) is 13.1 Å². The summed E-state index contributed by atoms with van der Waals surface area (Å²) in [7, 11) is 2.19. The first-order valence-electron chi connectivity index (χ1n) is 17.5. The van der Waals surface area contributed by atoms with Crippen LogP contribution >= 0.6 is 22.7 Å². The summed E-state index contributed by atoms with van der Waals surface area (Å²) >= 11 is 3.15. The zero-order valence-electron chi connectivity index (χ0n) is 29.5. The number of piperazine rings is 1. The molecule has 0 radical (unpaired) electrons. The van der Waals surface area contributed by atoms with Gasteiger partial charge in [-0.2, -0.15) is 0 Å². The molecule has 13 nitrogen and oxygen atoms in total. The van der Waals surface area contributed by atoms with E-state index in [9.17, 15) is 0 Å². The summed E-state index contributed by atoms with van der Waals surface area (Å²) in [5.41, 5.74) is 18.9. The fraction of sp³-hybridized carbons (Fsp3) is 0.237. The van der Waals surface area contributed by atoms with E-state index in [1.165, 1.54) is 24.0 Å². The Morgan fingerprint density at radius 2 is 1.28 bits per heavy atom. The van der Waals surface area contributed by atoms with Crippen molar-refractivity contribution >= 4 is 54.9 Å². The largest absolute Gasteiger partial charge is 0.383 e. The van der Waals surface area contributed by atoms with Crippen molar-refractivity contribution in [1.82, 2.24) is 53.8 Å². The number of nitrogen functional groups attached to an aromatic ring is 2. The third-order valence-electron chi connectivity index (χ3n) is 9.38. The molecule has 1 aliphatic rings. The molecule has 0 bridgehead atoms. The first kappa shape index (κ1) is 34.5. The number of imidazole rings is 2. The highest BCUT2D eigenvalue weighted by molar-refractivity contribution is 7.22. The second-order valence-corrected chi connectivity index (χ2v) is 14.8. The molecule has 0 saturated carbocycles. The number of nitrogens with zero attached hydrogens (tertiary/aromatic N) is 11. The van der Waals surface area contributed by atoms with Gasteiger partial charge in [-0.1, -0.05) is 72.0 Å². The molecule has 15 heteroatoms. The molecular formula is C38H39N13S2. The van der Waals surface area contributed by atoms with Gasteiger partial charge in [0.25, 0.3) is 0 Å². The van der Waals surface area contributed by atoms with E-state index < -0.39 is 0 Å². The maximum atomic E-state index is 6.10. The van der Waals surface area contributed by atoms with Crippen LogP contribution in [0.4, 0.5) is 11.6 Å². The van der Waals surface area contributed by atoms with E-state index in [4.69, 9.17) is 16.5 Å². The number of rotatable bonds is 8. The number of thiazole rings is 1. The molecule has 0 spiro atoms. The van der Waals surface area contributed by atoms with Gasteiger partial charge in [0, 0.05) is 56.9 Å².